The van der Waals surface area contributed by atoms with Crippen molar-refractivity contribution in [2.24, 2.45) is 0 Å². The lowest BCUT2D eigenvalue weighted by molar-refractivity contribution is 0.522. The number of hydrogen-bond acceptors (Lipinski definition) is 2. The highest BCUT2D eigenvalue weighted by Crippen LogP contribution is 2.03. The Morgan fingerprint density at radius 2 is 2.30 bits per heavy atom. The Hall–Kier alpha value is -1.67. The Bertz CT molecular complexity index is 319. The van der Waals surface area contributed by atoms with Gasteiger partial charge in [0.2, 0.25) is 0 Å². The van der Waals surface area contributed by atoms with E-state index in [4.69, 9.17) is 9.68 Å². The first-order chi connectivity index (χ1) is 4.83. The molecular formula is C8H5NO. The van der Waals surface area contributed by atoms with Crippen LogP contribution in [-0.2, 0) is 0 Å². The fourth-order valence-electron chi connectivity index (χ4n) is 0.591. The van der Waals surface area contributed by atoms with E-state index in [0.717, 1.165) is 5.76 Å². The summed E-state index contributed by atoms with van der Waals surface area (Å²) in [6.07, 6.45) is 0. The minimum Gasteiger partial charge on any atom is -0.453 e. The van der Waals surface area contributed by atoms with E-state index < -0.39 is 0 Å². The van der Waals surface area contributed by atoms with Crippen molar-refractivity contribution in [3.63, 3.8) is 0 Å². The highest BCUT2D eigenvalue weighted by molar-refractivity contribution is 5.31. The molecule has 1 aromatic heterocycles. The third-order valence-electron chi connectivity index (χ3n) is 0.982. The van der Waals surface area contributed by atoms with Gasteiger partial charge >= 0.3 is 0 Å². The lowest BCUT2D eigenvalue weighted by atomic mass is 10.4. The third-order valence-corrected chi connectivity index (χ3v) is 0.982. The predicted octanol–water partition coefficient (Wildman–Crippen LogP) is 1.46. The van der Waals surface area contributed by atoms with Crippen molar-refractivity contribution in [2.75, 3.05) is 0 Å². The number of aryl methyl sites for hydroxylation is 1. The van der Waals surface area contributed by atoms with Gasteiger partial charge in [-0.2, -0.15) is 5.26 Å². The molecular weight excluding hydrogens is 126 g/mol. The van der Waals surface area contributed by atoms with Crippen LogP contribution in [-0.4, -0.2) is 0 Å². The minimum absolute atomic E-state index is 0.541. The van der Waals surface area contributed by atoms with Gasteiger partial charge in [0.1, 0.15) is 5.76 Å². The van der Waals surface area contributed by atoms with E-state index in [1.807, 2.05) is 6.92 Å². The largest absolute Gasteiger partial charge is 0.453 e. The minimum atomic E-state index is 0.541. The van der Waals surface area contributed by atoms with Crippen LogP contribution in [0.5, 0.6) is 0 Å². The molecule has 0 saturated heterocycles. The molecule has 2 nitrogen and oxygen atoms in total. The molecule has 0 radical (unpaired) electrons. The zero-order chi connectivity index (χ0) is 7.40. The van der Waals surface area contributed by atoms with Crippen LogP contribution in [0.2, 0.25) is 0 Å². The molecule has 1 heterocycles. The second-order valence-corrected chi connectivity index (χ2v) is 1.77. The van der Waals surface area contributed by atoms with Gasteiger partial charge in [-0.1, -0.05) is 0 Å². The summed E-state index contributed by atoms with van der Waals surface area (Å²) in [5.41, 5.74) is 0. The fourth-order valence-corrected chi connectivity index (χ4v) is 0.591. The summed E-state index contributed by atoms with van der Waals surface area (Å²) in [6.45, 7) is 1.83. The maximum atomic E-state index is 8.07. The van der Waals surface area contributed by atoms with E-state index in [9.17, 15) is 0 Å². The van der Waals surface area contributed by atoms with Gasteiger partial charge in [0.25, 0.3) is 0 Å². The van der Waals surface area contributed by atoms with Gasteiger partial charge < -0.3 is 4.42 Å². The van der Waals surface area contributed by atoms with E-state index in [1.54, 1.807) is 18.2 Å². The summed E-state index contributed by atoms with van der Waals surface area (Å²) >= 11 is 0. The van der Waals surface area contributed by atoms with Crippen LogP contribution in [0.25, 0.3) is 0 Å². The van der Waals surface area contributed by atoms with Gasteiger partial charge in [-0.15, -0.1) is 0 Å². The maximum Gasteiger partial charge on any atom is 0.178 e. The molecule has 0 spiro atoms. The van der Waals surface area contributed by atoms with Crippen molar-refractivity contribution in [1.82, 2.24) is 0 Å². The number of rotatable bonds is 0. The SMILES string of the molecule is Cc1ccc(C#CC#N)o1. The molecule has 0 aliphatic rings. The van der Waals surface area contributed by atoms with E-state index in [1.165, 1.54) is 0 Å². The van der Waals surface area contributed by atoms with Gasteiger partial charge in [-0.05, 0) is 25.0 Å². The molecule has 0 N–H and O–H groups in total. The average Bonchev–Trinajstić information content (AvgIpc) is 2.31. The van der Waals surface area contributed by atoms with Crippen molar-refractivity contribution in [3.05, 3.63) is 23.7 Å². The van der Waals surface area contributed by atoms with Crippen LogP contribution in [0.1, 0.15) is 11.5 Å². The molecule has 0 unspecified atom stereocenters. The van der Waals surface area contributed by atoms with Crippen LogP contribution in [0.3, 0.4) is 0 Å². The van der Waals surface area contributed by atoms with E-state index in [0.29, 0.717) is 5.76 Å². The molecule has 0 bridgehead atoms. The quantitative estimate of drug-likeness (QED) is 0.500. The van der Waals surface area contributed by atoms with Crippen molar-refractivity contribution >= 4 is 0 Å². The lowest BCUT2D eigenvalue weighted by Gasteiger charge is -1.76. The Morgan fingerprint density at radius 1 is 1.50 bits per heavy atom. The van der Waals surface area contributed by atoms with E-state index in [2.05, 4.69) is 11.8 Å². The van der Waals surface area contributed by atoms with Crippen molar-refractivity contribution in [2.45, 2.75) is 6.92 Å². The molecule has 0 aliphatic heterocycles. The molecule has 0 atom stereocenters. The first-order valence-corrected chi connectivity index (χ1v) is 2.79. The summed E-state index contributed by atoms with van der Waals surface area (Å²) < 4.78 is 5.06. The molecule has 1 rings (SSSR count). The van der Waals surface area contributed by atoms with Crippen molar-refractivity contribution in [1.29, 1.82) is 5.26 Å². The fraction of sp³-hybridized carbons (Fsp3) is 0.125. The lowest BCUT2D eigenvalue weighted by Crippen LogP contribution is -1.61. The standard InChI is InChI=1S/C8H5NO/c1-7-4-5-8(10-7)3-2-6-9/h4-5H,1H3. The Labute approximate surface area is 59.1 Å². The monoisotopic (exact) mass is 131 g/mol. The average molecular weight is 131 g/mol. The number of nitriles is 1. The number of nitrogens with zero attached hydrogens (tertiary/aromatic N) is 1. The summed E-state index contributed by atoms with van der Waals surface area (Å²) in [5.74, 6) is 6.13. The zero-order valence-corrected chi connectivity index (χ0v) is 5.51. The van der Waals surface area contributed by atoms with Crippen LogP contribution < -0.4 is 0 Å². The molecule has 0 aliphatic carbocycles. The van der Waals surface area contributed by atoms with Gasteiger partial charge in [0, 0.05) is 5.92 Å². The molecule has 2 heteroatoms. The third kappa shape index (κ3) is 1.40. The summed E-state index contributed by atoms with van der Waals surface area (Å²) in [6, 6.07) is 5.25. The topological polar surface area (TPSA) is 36.9 Å². The molecule has 0 saturated carbocycles. The first kappa shape index (κ1) is 6.45. The highest BCUT2D eigenvalue weighted by Gasteiger charge is 1.90. The summed E-state index contributed by atoms with van der Waals surface area (Å²) in [4.78, 5) is 0. The van der Waals surface area contributed by atoms with E-state index >= 15 is 0 Å². The van der Waals surface area contributed by atoms with Gasteiger partial charge in [-0.3, -0.25) is 0 Å². The Kier molecular flexibility index (Phi) is 1.78. The highest BCUT2D eigenvalue weighted by atomic mass is 16.3. The van der Waals surface area contributed by atoms with Crippen molar-refractivity contribution in [3.8, 4) is 17.9 Å². The number of furan rings is 1. The first-order valence-electron chi connectivity index (χ1n) is 2.79. The van der Waals surface area contributed by atoms with Gasteiger partial charge in [-0.25, -0.2) is 0 Å². The molecule has 0 aromatic carbocycles. The molecule has 0 amide bonds. The Balaban J connectivity index is 2.89. The molecule has 1 aromatic rings. The smallest absolute Gasteiger partial charge is 0.178 e. The second-order valence-electron chi connectivity index (χ2n) is 1.77. The van der Waals surface area contributed by atoms with Crippen LogP contribution >= 0.6 is 0 Å². The molecule has 48 valence electrons. The van der Waals surface area contributed by atoms with Crippen molar-refractivity contribution < 1.29 is 4.42 Å². The molecule has 0 fully saturated rings. The summed E-state index contributed by atoms with van der Waals surface area (Å²) in [5, 5.41) is 8.07. The number of hydrogen-bond donors (Lipinski definition) is 0. The molecule has 10 heavy (non-hydrogen) atoms. The summed E-state index contributed by atoms with van der Waals surface area (Å²) in [7, 11) is 0. The second kappa shape index (κ2) is 2.75. The maximum absolute atomic E-state index is 8.07. The van der Waals surface area contributed by atoms with Crippen LogP contribution in [0.4, 0.5) is 0 Å². The van der Waals surface area contributed by atoms with Crippen LogP contribution in [0.15, 0.2) is 16.5 Å². The zero-order valence-electron chi connectivity index (χ0n) is 5.51. The van der Waals surface area contributed by atoms with Gasteiger partial charge in [0.15, 0.2) is 11.8 Å². The predicted molar refractivity (Wildman–Crippen MR) is 35.9 cm³/mol. The normalized spacial score (nSPS) is 7.60. The van der Waals surface area contributed by atoms with Gasteiger partial charge in [0.05, 0.1) is 0 Å². The van der Waals surface area contributed by atoms with Crippen LogP contribution in [0, 0.1) is 30.1 Å². The van der Waals surface area contributed by atoms with E-state index in [-0.39, 0.29) is 0 Å². The Morgan fingerprint density at radius 3 is 2.80 bits per heavy atom.